The van der Waals surface area contributed by atoms with Gasteiger partial charge in [0.05, 0.1) is 13.2 Å². The zero-order valence-corrected chi connectivity index (χ0v) is 9.09. The molecule has 1 aromatic heterocycles. The Labute approximate surface area is 93.7 Å². The molecule has 1 saturated heterocycles. The summed E-state index contributed by atoms with van der Waals surface area (Å²) in [5.74, 6) is -0.792. The van der Waals surface area contributed by atoms with Crippen molar-refractivity contribution in [2.24, 2.45) is 5.41 Å². The van der Waals surface area contributed by atoms with E-state index < -0.39 is 11.4 Å². The van der Waals surface area contributed by atoms with Gasteiger partial charge in [0.25, 0.3) is 0 Å². The zero-order chi connectivity index (χ0) is 11.6. The molecule has 2 heterocycles. The first-order chi connectivity index (χ1) is 7.64. The van der Waals surface area contributed by atoms with Crippen molar-refractivity contribution in [2.75, 3.05) is 31.7 Å². The molecular weight excluding hydrogens is 208 g/mol. The molecule has 0 saturated carbocycles. The maximum absolute atomic E-state index is 11.2. The molecule has 1 aromatic rings. The van der Waals surface area contributed by atoms with Gasteiger partial charge in [-0.1, -0.05) is 0 Å². The van der Waals surface area contributed by atoms with Crippen LogP contribution in [0.25, 0.3) is 0 Å². The highest BCUT2D eigenvalue weighted by atomic mass is 16.5. The third kappa shape index (κ3) is 1.86. The Morgan fingerprint density at radius 1 is 1.56 bits per heavy atom. The van der Waals surface area contributed by atoms with Crippen LogP contribution in [0.1, 0.15) is 0 Å². The Bertz CT molecular complexity index is 376. The lowest BCUT2D eigenvalue weighted by Gasteiger charge is -2.40. The van der Waals surface area contributed by atoms with E-state index in [1.54, 1.807) is 12.4 Å². The highest BCUT2D eigenvalue weighted by molar-refractivity contribution is 5.77. The number of aliphatic carboxylic acids is 1. The molecule has 0 amide bonds. The average Bonchev–Trinajstić information content (AvgIpc) is 2.24. The second-order valence-corrected chi connectivity index (χ2v) is 4.14. The van der Waals surface area contributed by atoms with Gasteiger partial charge in [-0.15, -0.1) is 0 Å². The molecule has 5 nitrogen and oxygen atoms in total. The maximum Gasteiger partial charge on any atom is 0.316 e. The summed E-state index contributed by atoms with van der Waals surface area (Å²) in [4.78, 5) is 17.0. The van der Waals surface area contributed by atoms with Crippen LogP contribution < -0.4 is 4.90 Å². The summed E-state index contributed by atoms with van der Waals surface area (Å²) in [7, 11) is 1.87. The lowest BCUT2D eigenvalue weighted by atomic mass is 9.85. The minimum Gasteiger partial charge on any atom is -0.481 e. The molecule has 86 valence electrons. The second-order valence-electron chi connectivity index (χ2n) is 4.14. The first kappa shape index (κ1) is 10.9. The van der Waals surface area contributed by atoms with Crippen molar-refractivity contribution >= 4 is 11.7 Å². The number of rotatable bonds is 4. The van der Waals surface area contributed by atoms with Gasteiger partial charge in [-0.05, 0) is 12.1 Å². The monoisotopic (exact) mass is 222 g/mol. The summed E-state index contributed by atoms with van der Waals surface area (Å²) in [6.45, 7) is 1.03. The summed E-state index contributed by atoms with van der Waals surface area (Å²) in [6.07, 6.45) is 3.38. The average molecular weight is 222 g/mol. The van der Waals surface area contributed by atoms with Crippen molar-refractivity contribution in [1.82, 2.24) is 4.98 Å². The van der Waals surface area contributed by atoms with E-state index in [9.17, 15) is 4.79 Å². The van der Waals surface area contributed by atoms with Gasteiger partial charge in [0, 0.05) is 31.7 Å². The number of hydrogen-bond donors (Lipinski definition) is 1. The van der Waals surface area contributed by atoms with E-state index in [1.165, 1.54) is 0 Å². The predicted octanol–water partition coefficient (Wildman–Crippen LogP) is 0.619. The number of anilines is 1. The molecular formula is C11H14N2O3. The molecule has 1 fully saturated rings. The number of carboxylic acids is 1. The molecule has 1 aliphatic rings. The van der Waals surface area contributed by atoms with Crippen molar-refractivity contribution in [1.29, 1.82) is 0 Å². The number of aromatic nitrogens is 1. The lowest BCUT2D eigenvalue weighted by molar-refractivity contribution is -0.177. The molecule has 0 bridgehead atoms. The van der Waals surface area contributed by atoms with Crippen LogP contribution in [0, 0.1) is 5.41 Å². The van der Waals surface area contributed by atoms with Gasteiger partial charge in [-0.2, -0.15) is 0 Å². The lowest BCUT2D eigenvalue weighted by Crippen LogP contribution is -2.55. The Kier molecular flexibility index (Phi) is 2.78. The van der Waals surface area contributed by atoms with E-state index in [0.717, 1.165) is 5.69 Å². The molecule has 1 aliphatic heterocycles. The fourth-order valence-corrected chi connectivity index (χ4v) is 1.77. The standard InChI is InChI=1S/C11H14N2O3/c1-13(9-2-4-12-5-3-9)6-11(10(14)15)7-16-8-11/h2-5H,6-8H2,1H3,(H,14,15). The molecule has 0 aromatic carbocycles. The Balaban J connectivity index is 2.07. The Morgan fingerprint density at radius 3 is 2.62 bits per heavy atom. The van der Waals surface area contributed by atoms with E-state index in [-0.39, 0.29) is 13.2 Å². The zero-order valence-electron chi connectivity index (χ0n) is 9.09. The van der Waals surface area contributed by atoms with E-state index in [1.807, 2.05) is 24.1 Å². The summed E-state index contributed by atoms with van der Waals surface area (Å²) < 4.78 is 5.02. The maximum atomic E-state index is 11.2. The van der Waals surface area contributed by atoms with Crippen molar-refractivity contribution in [2.45, 2.75) is 0 Å². The van der Waals surface area contributed by atoms with Crippen molar-refractivity contribution < 1.29 is 14.6 Å². The van der Waals surface area contributed by atoms with Crippen LogP contribution in [0.15, 0.2) is 24.5 Å². The minimum atomic E-state index is -0.792. The van der Waals surface area contributed by atoms with Gasteiger partial charge in [0.15, 0.2) is 0 Å². The summed E-state index contributed by atoms with van der Waals surface area (Å²) in [5, 5.41) is 9.16. The van der Waals surface area contributed by atoms with Crippen molar-refractivity contribution in [3.05, 3.63) is 24.5 Å². The quantitative estimate of drug-likeness (QED) is 0.809. The van der Waals surface area contributed by atoms with Crippen LogP contribution in [0.4, 0.5) is 5.69 Å². The van der Waals surface area contributed by atoms with E-state index in [0.29, 0.717) is 6.54 Å². The van der Waals surface area contributed by atoms with E-state index >= 15 is 0 Å². The van der Waals surface area contributed by atoms with Gasteiger partial charge < -0.3 is 14.7 Å². The van der Waals surface area contributed by atoms with Gasteiger partial charge in [0.1, 0.15) is 5.41 Å². The first-order valence-corrected chi connectivity index (χ1v) is 5.06. The molecule has 1 N–H and O–H groups in total. The SMILES string of the molecule is CN(CC1(C(=O)O)COC1)c1ccncc1. The highest BCUT2D eigenvalue weighted by Gasteiger charge is 2.47. The third-order valence-electron chi connectivity index (χ3n) is 2.85. The van der Waals surface area contributed by atoms with Crippen molar-refractivity contribution in [3.8, 4) is 0 Å². The van der Waals surface area contributed by atoms with Gasteiger partial charge in [-0.25, -0.2) is 0 Å². The summed E-state index contributed by atoms with van der Waals surface area (Å²) >= 11 is 0. The predicted molar refractivity (Wildman–Crippen MR) is 58.4 cm³/mol. The summed E-state index contributed by atoms with van der Waals surface area (Å²) in [6, 6.07) is 3.71. The number of carboxylic acid groups (broad SMARTS) is 1. The normalized spacial score (nSPS) is 17.6. The molecule has 0 radical (unpaired) electrons. The summed E-state index contributed by atoms with van der Waals surface area (Å²) in [5.41, 5.74) is 0.209. The molecule has 5 heteroatoms. The number of hydrogen-bond acceptors (Lipinski definition) is 4. The minimum absolute atomic E-state index is 0.289. The van der Waals surface area contributed by atoms with Crippen LogP contribution in [0.5, 0.6) is 0 Å². The van der Waals surface area contributed by atoms with Crippen LogP contribution in [0.2, 0.25) is 0 Å². The van der Waals surface area contributed by atoms with Crippen LogP contribution >= 0.6 is 0 Å². The molecule has 0 unspecified atom stereocenters. The number of pyridine rings is 1. The van der Waals surface area contributed by atoms with Crippen molar-refractivity contribution in [3.63, 3.8) is 0 Å². The first-order valence-electron chi connectivity index (χ1n) is 5.06. The van der Waals surface area contributed by atoms with Crippen LogP contribution in [-0.2, 0) is 9.53 Å². The second kappa shape index (κ2) is 4.09. The van der Waals surface area contributed by atoms with Crippen LogP contribution in [-0.4, -0.2) is 42.9 Å². The van der Waals surface area contributed by atoms with E-state index in [4.69, 9.17) is 9.84 Å². The molecule has 16 heavy (non-hydrogen) atoms. The van der Waals surface area contributed by atoms with Gasteiger partial charge >= 0.3 is 5.97 Å². The van der Waals surface area contributed by atoms with Crippen LogP contribution in [0.3, 0.4) is 0 Å². The largest absolute Gasteiger partial charge is 0.481 e. The number of carbonyl (C=O) groups is 1. The molecule has 0 aliphatic carbocycles. The molecule has 2 rings (SSSR count). The smallest absolute Gasteiger partial charge is 0.316 e. The molecule has 0 spiro atoms. The molecule has 0 atom stereocenters. The van der Waals surface area contributed by atoms with E-state index in [2.05, 4.69) is 4.98 Å². The number of nitrogens with zero attached hydrogens (tertiary/aromatic N) is 2. The Morgan fingerprint density at radius 2 is 2.19 bits per heavy atom. The Hall–Kier alpha value is -1.62. The number of ether oxygens (including phenoxy) is 1. The third-order valence-corrected chi connectivity index (χ3v) is 2.85. The topological polar surface area (TPSA) is 62.7 Å². The van der Waals surface area contributed by atoms with Gasteiger partial charge in [-0.3, -0.25) is 9.78 Å². The fraction of sp³-hybridized carbons (Fsp3) is 0.455. The highest BCUT2D eigenvalue weighted by Crippen LogP contribution is 2.30. The fourth-order valence-electron chi connectivity index (χ4n) is 1.77. The van der Waals surface area contributed by atoms with Gasteiger partial charge in [0.2, 0.25) is 0 Å².